The van der Waals surface area contributed by atoms with Crippen molar-refractivity contribution in [3.63, 3.8) is 0 Å². The number of hydrogen-bond acceptors (Lipinski definition) is 6. The van der Waals surface area contributed by atoms with Crippen LogP contribution >= 0.6 is 11.8 Å². The number of amides is 1. The number of benzene rings is 1. The maximum atomic E-state index is 12.6. The van der Waals surface area contributed by atoms with Crippen molar-refractivity contribution in [2.75, 3.05) is 12.9 Å². The number of ether oxygens (including phenoxy) is 1. The zero-order valence-electron chi connectivity index (χ0n) is 15.1. The number of fused-ring (bicyclic) bond motifs is 1. The van der Waals surface area contributed by atoms with E-state index in [2.05, 4.69) is 15.3 Å². The zero-order chi connectivity index (χ0) is 19.2. The van der Waals surface area contributed by atoms with Crippen molar-refractivity contribution in [3.8, 4) is 5.75 Å². The third-order valence-electron chi connectivity index (χ3n) is 3.97. The Labute approximate surface area is 160 Å². The Kier molecular flexibility index (Phi) is 6.08. The van der Waals surface area contributed by atoms with E-state index >= 15 is 0 Å². The van der Waals surface area contributed by atoms with E-state index in [0.29, 0.717) is 29.3 Å². The Morgan fingerprint density at radius 3 is 2.93 bits per heavy atom. The first-order valence-corrected chi connectivity index (χ1v) is 9.49. The van der Waals surface area contributed by atoms with Gasteiger partial charge < -0.3 is 10.1 Å². The summed E-state index contributed by atoms with van der Waals surface area (Å²) in [6.07, 6.45) is 1.60. The van der Waals surface area contributed by atoms with Crippen LogP contribution in [0.15, 0.2) is 52.5 Å². The average molecular weight is 384 g/mol. The fourth-order valence-electron chi connectivity index (χ4n) is 2.59. The van der Waals surface area contributed by atoms with Crippen LogP contribution in [0.25, 0.3) is 11.0 Å². The Bertz CT molecular complexity index is 1020. The minimum absolute atomic E-state index is 0.138. The molecular weight excluding hydrogens is 364 g/mol. The van der Waals surface area contributed by atoms with Gasteiger partial charge in [0, 0.05) is 19.3 Å². The predicted octanol–water partition coefficient (Wildman–Crippen LogP) is 2.23. The van der Waals surface area contributed by atoms with Crippen LogP contribution in [-0.4, -0.2) is 33.3 Å². The highest BCUT2D eigenvalue weighted by molar-refractivity contribution is 7.99. The maximum absolute atomic E-state index is 12.6. The quantitative estimate of drug-likeness (QED) is 0.497. The SMILES string of the molecule is CCn1c(SCC(=O)NCc2cccc(OC)c2)nc2ncccc2c1=O. The lowest BCUT2D eigenvalue weighted by Crippen LogP contribution is -2.26. The molecule has 3 rings (SSSR count). The molecule has 3 aromatic rings. The summed E-state index contributed by atoms with van der Waals surface area (Å²) in [6, 6.07) is 10.9. The molecule has 0 radical (unpaired) electrons. The summed E-state index contributed by atoms with van der Waals surface area (Å²) in [5.74, 6) is 0.770. The highest BCUT2D eigenvalue weighted by Gasteiger charge is 2.12. The molecule has 2 aromatic heterocycles. The standard InChI is InChI=1S/C19H20N4O3S/c1-3-23-18(25)15-8-5-9-20-17(15)22-19(23)27-12-16(24)21-11-13-6-4-7-14(10-13)26-2/h4-10H,3,11-12H2,1-2H3,(H,21,24). The third-order valence-corrected chi connectivity index (χ3v) is 4.94. The van der Waals surface area contributed by atoms with Gasteiger partial charge in [-0.2, -0.15) is 0 Å². The fraction of sp³-hybridized carbons (Fsp3) is 0.263. The number of carbonyl (C=O) groups excluding carboxylic acids is 1. The normalized spacial score (nSPS) is 10.7. The second-order valence-electron chi connectivity index (χ2n) is 5.74. The van der Waals surface area contributed by atoms with E-state index in [1.54, 1.807) is 30.0 Å². The first kappa shape index (κ1) is 18.9. The average Bonchev–Trinajstić information content (AvgIpc) is 2.71. The number of hydrogen-bond donors (Lipinski definition) is 1. The summed E-state index contributed by atoms with van der Waals surface area (Å²) in [4.78, 5) is 33.3. The number of nitrogens with zero attached hydrogens (tertiary/aromatic N) is 3. The van der Waals surface area contributed by atoms with Crippen molar-refractivity contribution < 1.29 is 9.53 Å². The number of aromatic nitrogens is 3. The molecule has 140 valence electrons. The van der Waals surface area contributed by atoms with Gasteiger partial charge in [0.15, 0.2) is 10.8 Å². The first-order chi connectivity index (χ1) is 13.1. The Morgan fingerprint density at radius 1 is 1.30 bits per heavy atom. The lowest BCUT2D eigenvalue weighted by Gasteiger charge is -2.11. The Hall–Kier alpha value is -2.87. The van der Waals surface area contributed by atoms with E-state index in [0.717, 1.165) is 11.3 Å². The molecule has 0 aliphatic heterocycles. The number of carbonyl (C=O) groups is 1. The van der Waals surface area contributed by atoms with Crippen molar-refractivity contribution in [1.29, 1.82) is 0 Å². The summed E-state index contributed by atoms with van der Waals surface area (Å²) < 4.78 is 6.74. The minimum atomic E-state index is -0.144. The van der Waals surface area contributed by atoms with Crippen molar-refractivity contribution in [2.45, 2.75) is 25.2 Å². The highest BCUT2D eigenvalue weighted by atomic mass is 32.2. The molecule has 0 spiro atoms. The lowest BCUT2D eigenvalue weighted by molar-refractivity contribution is -0.118. The van der Waals surface area contributed by atoms with Crippen molar-refractivity contribution in [3.05, 3.63) is 58.5 Å². The van der Waals surface area contributed by atoms with Crippen molar-refractivity contribution in [1.82, 2.24) is 19.9 Å². The van der Waals surface area contributed by atoms with Crippen LogP contribution in [0.5, 0.6) is 5.75 Å². The molecule has 27 heavy (non-hydrogen) atoms. The molecule has 1 aromatic carbocycles. The molecule has 1 N–H and O–H groups in total. The summed E-state index contributed by atoms with van der Waals surface area (Å²) in [5.41, 5.74) is 1.20. The summed E-state index contributed by atoms with van der Waals surface area (Å²) in [7, 11) is 1.60. The van der Waals surface area contributed by atoms with Crippen LogP contribution in [0.1, 0.15) is 12.5 Å². The molecule has 8 heteroatoms. The topological polar surface area (TPSA) is 86.1 Å². The maximum Gasteiger partial charge on any atom is 0.263 e. The van der Waals surface area contributed by atoms with E-state index in [1.807, 2.05) is 31.2 Å². The van der Waals surface area contributed by atoms with Gasteiger partial charge in [-0.1, -0.05) is 23.9 Å². The lowest BCUT2D eigenvalue weighted by atomic mass is 10.2. The first-order valence-electron chi connectivity index (χ1n) is 8.50. The number of thioether (sulfide) groups is 1. The number of nitrogens with one attached hydrogen (secondary N) is 1. The number of rotatable bonds is 7. The molecule has 0 unspecified atom stereocenters. The van der Waals surface area contributed by atoms with Crippen LogP contribution in [0, 0.1) is 0 Å². The van der Waals surface area contributed by atoms with Crippen molar-refractivity contribution in [2.24, 2.45) is 0 Å². The third kappa shape index (κ3) is 4.46. The largest absolute Gasteiger partial charge is 0.497 e. The molecule has 2 heterocycles. The fourth-order valence-corrected chi connectivity index (χ4v) is 3.47. The van der Waals surface area contributed by atoms with Crippen LogP contribution in [0.3, 0.4) is 0 Å². The van der Waals surface area contributed by atoms with E-state index < -0.39 is 0 Å². The summed E-state index contributed by atoms with van der Waals surface area (Å²) >= 11 is 1.23. The molecule has 0 aliphatic rings. The Balaban J connectivity index is 1.67. The van der Waals surface area contributed by atoms with Gasteiger partial charge in [0.25, 0.3) is 5.56 Å². The minimum Gasteiger partial charge on any atom is -0.497 e. The molecule has 0 atom stereocenters. The van der Waals surface area contributed by atoms with Crippen LogP contribution in [-0.2, 0) is 17.9 Å². The zero-order valence-corrected chi connectivity index (χ0v) is 16.0. The molecular formula is C19H20N4O3S. The highest BCUT2D eigenvalue weighted by Crippen LogP contribution is 2.17. The molecule has 1 amide bonds. The second-order valence-corrected chi connectivity index (χ2v) is 6.68. The van der Waals surface area contributed by atoms with E-state index in [-0.39, 0.29) is 17.2 Å². The van der Waals surface area contributed by atoms with Gasteiger partial charge in [0.2, 0.25) is 5.91 Å². The van der Waals surface area contributed by atoms with E-state index in [4.69, 9.17) is 4.74 Å². The number of pyridine rings is 1. The second kappa shape index (κ2) is 8.68. The molecule has 0 saturated carbocycles. The van der Waals surface area contributed by atoms with Gasteiger partial charge in [0.05, 0.1) is 18.2 Å². The van der Waals surface area contributed by atoms with Gasteiger partial charge in [0.1, 0.15) is 5.75 Å². The molecule has 0 saturated heterocycles. The summed E-state index contributed by atoms with van der Waals surface area (Å²) in [6.45, 7) is 2.76. The molecule has 7 nitrogen and oxygen atoms in total. The van der Waals surface area contributed by atoms with Gasteiger partial charge in [-0.25, -0.2) is 9.97 Å². The van der Waals surface area contributed by atoms with Crippen LogP contribution in [0.2, 0.25) is 0 Å². The van der Waals surface area contributed by atoms with Crippen LogP contribution in [0.4, 0.5) is 0 Å². The Morgan fingerprint density at radius 2 is 2.15 bits per heavy atom. The molecule has 0 bridgehead atoms. The van der Waals surface area contributed by atoms with Gasteiger partial charge >= 0.3 is 0 Å². The monoisotopic (exact) mass is 384 g/mol. The van der Waals surface area contributed by atoms with Crippen molar-refractivity contribution >= 4 is 28.7 Å². The van der Waals surface area contributed by atoms with Crippen LogP contribution < -0.4 is 15.6 Å². The van der Waals surface area contributed by atoms with Gasteiger partial charge in [-0.15, -0.1) is 0 Å². The molecule has 0 fully saturated rings. The van der Waals surface area contributed by atoms with Gasteiger partial charge in [-0.05, 0) is 36.8 Å². The number of methoxy groups -OCH3 is 1. The van der Waals surface area contributed by atoms with Gasteiger partial charge in [-0.3, -0.25) is 14.2 Å². The predicted molar refractivity (Wildman–Crippen MR) is 105 cm³/mol. The summed E-state index contributed by atoms with van der Waals surface area (Å²) in [5, 5.41) is 3.83. The smallest absolute Gasteiger partial charge is 0.263 e. The molecule has 0 aliphatic carbocycles. The van der Waals surface area contributed by atoms with E-state index in [1.165, 1.54) is 11.8 Å². The van der Waals surface area contributed by atoms with E-state index in [9.17, 15) is 9.59 Å².